The van der Waals surface area contributed by atoms with Crippen molar-refractivity contribution in [1.29, 1.82) is 0 Å². The molecular formula is C21H41Br. The van der Waals surface area contributed by atoms with Gasteiger partial charge in [0.25, 0.3) is 0 Å². The summed E-state index contributed by atoms with van der Waals surface area (Å²) in [4.78, 5) is 0. The average Bonchev–Trinajstić information content (AvgIpc) is 2.56. The summed E-state index contributed by atoms with van der Waals surface area (Å²) in [5, 5.41) is 1.19. The number of alkyl halides is 1. The summed E-state index contributed by atoms with van der Waals surface area (Å²) in [6.45, 7) is 0. The Kier molecular flexibility index (Phi) is 15.2. The number of unbranched alkanes of at least 4 members (excludes halogenated alkanes) is 12. The Morgan fingerprint density at radius 2 is 0.909 bits per heavy atom. The largest absolute Gasteiger partial charge is 0.0928 e. The van der Waals surface area contributed by atoms with Crippen molar-refractivity contribution in [2.45, 2.75) is 122 Å². The van der Waals surface area contributed by atoms with E-state index in [0.717, 1.165) is 5.92 Å². The highest BCUT2D eigenvalue weighted by Gasteiger charge is 2.12. The molecule has 1 aliphatic rings. The van der Waals surface area contributed by atoms with Crippen LogP contribution in [0.25, 0.3) is 0 Å². The number of hydrogen-bond acceptors (Lipinski definition) is 0. The van der Waals surface area contributed by atoms with Gasteiger partial charge in [-0.1, -0.05) is 132 Å². The van der Waals surface area contributed by atoms with Crippen LogP contribution < -0.4 is 0 Å². The smallest absolute Gasteiger partial charge is 0.00313 e. The topological polar surface area (TPSA) is 0 Å². The van der Waals surface area contributed by atoms with Gasteiger partial charge in [0.2, 0.25) is 0 Å². The van der Waals surface area contributed by atoms with E-state index in [1.54, 1.807) is 0 Å². The fraction of sp³-hybridized carbons (Fsp3) is 1.00. The van der Waals surface area contributed by atoms with E-state index >= 15 is 0 Å². The van der Waals surface area contributed by atoms with Crippen LogP contribution in [0.2, 0.25) is 0 Å². The second-order valence-electron chi connectivity index (χ2n) is 7.58. The van der Waals surface area contributed by atoms with Crippen LogP contribution in [-0.4, -0.2) is 5.33 Å². The first kappa shape index (κ1) is 20.5. The van der Waals surface area contributed by atoms with Gasteiger partial charge in [-0.3, -0.25) is 0 Å². The SMILES string of the molecule is BrCCCCCCCCCCCCCCCC1CCCCC1. The second-order valence-corrected chi connectivity index (χ2v) is 8.37. The Morgan fingerprint density at radius 1 is 0.500 bits per heavy atom. The van der Waals surface area contributed by atoms with Crippen LogP contribution in [0.4, 0.5) is 0 Å². The lowest BCUT2D eigenvalue weighted by molar-refractivity contribution is 0.328. The zero-order valence-corrected chi connectivity index (χ0v) is 16.7. The zero-order valence-electron chi connectivity index (χ0n) is 15.1. The first-order valence-corrected chi connectivity index (χ1v) is 11.6. The Labute approximate surface area is 149 Å². The van der Waals surface area contributed by atoms with E-state index in [1.807, 2.05) is 0 Å². The highest BCUT2D eigenvalue weighted by Crippen LogP contribution is 2.28. The molecule has 0 atom stereocenters. The molecule has 0 aromatic rings. The third-order valence-corrected chi connectivity index (χ3v) is 6.03. The minimum Gasteiger partial charge on any atom is -0.0928 e. The van der Waals surface area contributed by atoms with Crippen molar-refractivity contribution in [2.24, 2.45) is 5.92 Å². The van der Waals surface area contributed by atoms with Gasteiger partial charge in [0.05, 0.1) is 0 Å². The molecule has 0 aliphatic heterocycles. The first-order chi connectivity index (χ1) is 10.9. The van der Waals surface area contributed by atoms with Crippen molar-refractivity contribution in [3.63, 3.8) is 0 Å². The van der Waals surface area contributed by atoms with Gasteiger partial charge in [0.15, 0.2) is 0 Å². The lowest BCUT2D eigenvalue weighted by Crippen LogP contribution is -2.05. The van der Waals surface area contributed by atoms with E-state index < -0.39 is 0 Å². The van der Waals surface area contributed by atoms with E-state index in [2.05, 4.69) is 15.9 Å². The maximum atomic E-state index is 3.50. The maximum absolute atomic E-state index is 3.50. The Hall–Kier alpha value is 0.480. The van der Waals surface area contributed by atoms with Gasteiger partial charge in [0, 0.05) is 5.33 Å². The van der Waals surface area contributed by atoms with Crippen molar-refractivity contribution in [3.05, 3.63) is 0 Å². The van der Waals surface area contributed by atoms with Gasteiger partial charge >= 0.3 is 0 Å². The number of hydrogen-bond donors (Lipinski definition) is 0. The van der Waals surface area contributed by atoms with Gasteiger partial charge in [-0.25, -0.2) is 0 Å². The maximum Gasteiger partial charge on any atom is 0.00313 e. The average molecular weight is 373 g/mol. The van der Waals surface area contributed by atoms with Crippen molar-refractivity contribution in [2.75, 3.05) is 5.33 Å². The summed E-state index contributed by atoms with van der Waals surface area (Å²) < 4.78 is 0. The minimum absolute atomic E-state index is 1.10. The summed E-state index contributed by atoms with van der Waals surface area (Å²) in [5.74, 6) is 1.10. The van der Waals surface area contributed by atoms with Gasteiger partial charge in [0.1, 0.15) is 0 Å². The van der Waals surface area contributed by atoms with Crippen molar-refractivity contribution >= 4 is 15.9 Å². The lowest BCUT2D eigenvalue weighted by atomic mass is 9.85. The van der Waals surface area contributed by atoms with E-state index in [4.69, 9.17) is 0 Å². The molecule has 22 heavy (non-hydrogen) atoms. The molecule has 0 aromatic heterocycles. The highest BCUT2D eigenvalue weighted by molar-refractivity contribution is 9.09. The molecule has 132 valence electrons. The van der Waals surface area contributed by atoms with Crippen LogP contribution in [0.1, 0.15) is 122 Å². The molecule has 1 saturated carbocycles. The Balaban J connectivity index is 1.68. The van der Waals surface area contributed by atoms with E-state index in [-0.39, 0.29) is 0 Å². The standard InChI is InChI=1S/C21H41Br/c22-20-16-11-9-7-5-3-1-2-4-6-8-10-13-17-21-18-14-12-15-19-21/h21H,1-20H2. The molecule has 0 nitrogen and oxygen atoms in total. The molecule has 0 N–H and O–H groups in total. The molecule has 0 bridgehead atoms. The predicted octanol–water partition coefficient (Wildman–Crippen LogP) is 8.42. The summed E-state index contributed by atoms with van der Waals surface area (Å²) >= 11 is 3.50. The quantitative estimate of drug-likeness (QED) is 0.200. The van der Waals surface area contributed by atoms with E-state index in [1.165, 1.54) is 127 Å². The molecule has 1 fully saturated rings. The van der Waals surface area contributed by atoms with Crippen LogP contribution in [0.3, 0.4) is 0 Å². The molecule has 0 radical (unpaired) electrons. The third-order valence-electron chi connectivity index (χ3n) is 5.47. The summed E-state index contributed by atoms with van der Waals surface area (Å²) in [6.07, 6.45) is 28.3. The molecule has 0 amide bonds. The number of rotatable bonds is 15. The van der Waals surface area contributed by atoms with Crippen LogP contribution in [0.15, 0.2) is 0 Å². The van der Waals surface area contributed by atoms with Crippen LogP contribution in [0, 0.1) is 5.92 Å². The minimum atomic E-state index is 1.10. The Morgan fingerprint density at radius 3 is 1.36 bits per heavy atom. The molecule has 0 heterocycles. The van der Waals surface area contributed by atoms with E-state index in [9.17, 15) is 0 Å². The molecule has 0 unspecified atom stereocenters. The van der Waals surface area contributed by atoms with Crippen molar-refractivity contribution in [1.82, 2.24) is 0 Å². The van der Waals surface area contributed by atoms with Gasteiger partial charge in [-0.2, -0.15) is 0 Å². The lowest BCUT2D eigenvalue weighted by Gasteiger charge is -2.21. The highest BCUT2D eigenvalue weighted by atomic mass is 79.9. The fourth-order valence-electron chi connectivity index (χ4n) is 3.95. The zero-order chi connectivity index (χ0) is 15.7. The molecule has 0 saturated heterocycles. The molecule has 0 aromatic carbocycles. The van der Waals surface area contributed by atoms with Crippen molar-refractivity contribution in [3.8, 4) is 0 Å². The summed E-state index contributed by atoms with van der Waals surface area (Å²) in [5.41, 5.74) is 0. The fourth-order valence-corrected chi connectivity index (χ4v) is 4.34. The number of halogens is 1. The predicted molar refractivity (Wildman–Crippen MR) is 105 cm³/mol. The van der Waals surface area contributed by atoms with Crippen LogP contribution in [0.5, 0.6) is 0 Å². The normalized spacial score (nSPS) is 16.2. The molecular weight excluding hydrogens is 332 g/mol. The van der Waals surface area contributed by atoms with Gasteiger partial charge < -0.3 is 0 Å². The van der Waals surface area contributed by atoms with Gasteiger partial charge in [-0.15, -0.1) is 0 Å². The van der Waals surface area contributed by atoms with Gasteiger partial charge in [-0.05, 0) is 12.3 Å². The van der Waals surface area contributed by atoms with Crippen LogP contribution >= 0.6 is 15.9 Å². The van der Waals surface area contributed by atoms with Crippen molar-refractivity contribution < 1.29 is 0 Å². The third kappa shape index (κ3) is 13.0. The Bertz CT molecular complexity index is 208. The summed E-state index contributed by atoms with van der Waals surface area (Å²) in [6, 6.07) is 0. The molecule has 1 aliphatic carbocycles. The summed E-state index contributed by atoms with van der Waals surface area (Å²) in [7, 11) is 0. The molecule has 0 spiro atoms. The second kappa shape index (κ2) is 16.3. The monoisotopic (exact) mass is 372 g/mol. The first-order valence-electron chi connectivity index (χ1n) is 10.5. The molecule has 1 heteroatoms. The van der Waals surface area contributed by atoms with E-state index in [0.29, 0.717) is 0 Å². The van der Waals surface area contributed by atoms with Crippen LogP contribution in [-0.2, 0) is 0 Å². The molecule has 1 rings (SSSR count).